The number of hydrogen-bond acceptors (Lipinski definition) is 5. The molecule has 4 aromatic rings. The topological polar surface area (TPSA) is 109 Å². The molecule has 0 radical (unpaired) electrons. The third-order valence-corrected chi connectivity index (χ3v) is 8.40. The van der Waals surface area contributed by atoms with Crippen LogP contribution in [0.2, 0.25) is 10.0 Å². The highest BCUT2D eigenvalue weighted by molar-refractivity contribution is 6.31. The highest BCUT2D eigenvalue weighted by Crippen LogP contribution is 2.53. The van der Waals surface area contributed by atoms with Gasteiger partial charge in [-0.1, -0.05) is 35.3 Å². The summed E-state index contributed by atoms with van der Waals surface area (Å²) in [5.41, 5.74) is 4.45. The molecule has 0 spiro atoms. The van der Waals surface area contributed by atoms with Crippen molar-refractivity contribution < 1.29 is 19.4 Å². The van der Waals surface area contributed by atoms with E-state index in [1.807, 2.05) is 31.2 Å². The molecule has 2 aliphatic rings. The molecule has 0 fully saturated rings. The van der Waals surface area contributed by atoms with Crippen molar-refractivity contribution in [1.29, 1.82) is 0 Å². The van der Waals surface area contributed by atoms with Crippen molar-refractivity contribution in [1.82, 2.24) is 14.9 Å². The highest BCUT2D eigenvalue weighted by Gasteiger charge is 2.49. The number of benzene rings is 3. The summed E-state index contributed by atoms with van der Waals surface area (Å²) in [7, 11) is 1.55. The van der Waals surface area contributed by atoms with Gasteiger partial charge >= 0.3 is 6.03 Å². The number of urea groups is 1. The molecule has 6 rings (SSSR count). The first-order valence-electron chi connectivity index (χ1n) is 13.4. The number of amides is 3. The maximum atomic E-state index is 13.9. The molecule has 0 bridgehead atoms. The predicted octanol–water partition coefficient (Wildman–Crippen LogP) is 6.13. The molecule has 0 saturated carbocycles. The number of methoxy groups -OCH3 is 1. The van der Waals surface area contributed by atoms with Gasteiger partial charge in [0.1, 0.15) is 17.6 Å². The lowest BCUT2D eigenvalue weighted by Crippen LogP contribution is -2.49. The van der Waals surface area contributed by atoms with Crippen LogP contribution in [0.1, 0.15) is 52.6 Å². The van der Waals surface area contributed by atoms with E-state index in [0.717, 1.165) is 22.4 Å². The van der Waals surface area contributed by atoms with Gasteiger partial charge in [-0.2, -0.15) is 0 Å². The number of anilines is 2. The highest BCUT2D eigenvalue weighted by atomic mass is 35.5. The van der Waals surface area contributed by atoms with Gasteiger partial charge < -0.3 is 19.7 Å². The van der Waals surface area contributed by atoms with E-state index in [4.69, 9.17) is 32.9 Å². The van der Waals surface area contributed by atoms with Crippen molar-refractivity contribution in [3.05, 3.63) is 92.6 Å². The summed E-state index contributed by atoms with van der Waals surface area (Å²) in [5.74, 6) is 1.10. The van der Waals surface area contributed by atoms with E-state index >= 15 is 0 Å². The summed E-state index contributed by atoms with van der Waals surface area (Å²) in [4.78, 5) is 33.4. The molecule has 11 heteroatoms. The molecule has 9 nitrogen and oxygen atoms in total. The Labute approximate surface area is 253 Å². The normalized spacial score (nSPS) is 16.4. The average molecular weight is 607 g/mol. The predicted molar refractivity (Wildman–Crippen MR) is 163 cm³/mol. The Morgan fingerprint density at radius 3 is 2.60 bits per heavy atom. The van der Waals surface area contributed by atoms with Crippen molar-refractivity contribution in [3.8, 4) is 17.1 Å². The Hall–Kier alpha value is -4.05. The molecule has 0 saturated heterocycles. The molecule has 1 aromatic heterocycles. The van der Waals surface area contributed by atoms with Crippen LogP contribution in [0.25, 0.3) is 11.4 Å². The van der Waals surface area contributed by atoms with E-state index in [9.17, 15) is 14.7 Å². The number of hydrogen-bond donors (Lipinski definition) is 3. The van der Waals surface area contributed by atoms with Crippen LogP contribution in [0.5, 0.6) is 5.75 Å². The first kappa shape index (κ1) is 28.1. The van der Waals surface area contributed by atoms with Crippen molar-refractivity contribution in [2.24, 2.45) is 0 Å². The van der Waals surface area contributed by atoms with Gasteiger partial charge in [-0.3, -0.25) is 15.0 Å². The molecular formula is C31H29Cl2N5O4. The Balaban J connectivity index is 1.64. The van der Waals surface area contributed by atoms with Gasteiger partial charge in [-0.25, -0.2) is 9.78 Å². The minimum Gasteiger partial charge on any atom is -0.496 e. The zero-order chi connectivity index (χ0) is 29.9. The Morgan fingerprint density at radius 2 is 1.86 bits per heavy atom. The number of aliphatic hydroxyl groups excluding tert-OH is 1. The summed E-state index contributed by atoms with van der Waals surface area (Å²) >= 11 is 13.0. The molecular weight excluding hydrogens is 577 g/mol. The number of fused-ring (bicyclic) bond motifs is 2. The quantitative estimate of drug-likeness (QED) is 0.245. The van der Waals surface area contributed by atoms with Crippen LogP contribution in [-0.4, -0.2) is 46.9 Å². The second-order valence-corrected chi connectivity index (χ2v) is 11.7. The number of halogens is 2. The summed E-state index contributed by atoms with van der Waals surface area (Å²) in [6.45, 7) is 6.02. The van der Waals surface area contributed by atoms with E-state index in [1.54, 1.807) is 42.3 Å². The molecule has 0 aliphatic carbocycles. The fourth-order valence-corrected chi connectivity index (χ4v) is 6.35. The number of carbonyl (C=O) groups excluding carboxylic acids is 2. The average Bonchev–Trinajstić information content (AvgIpc) is 3.35. The van der Waals surface area contributed by atoms with Gasteiger partial charge in [0.2, 0.25) is 0 Å². The summed E-state index contributed by atoms with van der Waals surface area (Å²) < 4.78 is 7.82. The van der Waals surface area contributed by atoms with Crippen molar-refractivity contribution in [2.45, 2.75) is 32.4 Å². The van der Waals surface area contributed by atoms with Crippen molar-refractivity contribution >= 4 is 46.6 Å². The van der Waals surface area contributed by atoms with Crippen LogP contribution >= 0.6 is 23.2 Å². The van der Waals surface area contributed by atoms with Gasteiger partial charge in [0.15, 0.2) is 5.82 Å². The largest absolute Gasteiger partial charge is 0.496 e. The molecule has 42 heavy (non-hydrogen) atoms. The second kappa shape index (κ2) is 10.3. The lowest BCUT2D eigenvalue weighted by molar-refractivity contribution is 0.0944. The lowest BCUT2D eigenvalue weighted by atomic mass is 9.80. The van der Waals surface area contributed by atoms with E-state index in [1.165, 1.54) is 0 Å². The molecule has 3 amide bonds. The summed E-state index contributed by atoms with van der Waals surface area (Å²) in [5, 5.41) is 16.0. The third kappa shape index (κ3) is 4.31. The zero-order valence-corrected chi connectivity index (χ0v) is 25.0. The van der Waals surface area contributed by atoms with Gasteiger partial charge in [-0.15, -0.1) is 0 Å². The van der Waals surface area contributed by atoms with Crippen LogP contribution in [-0.2, 0) is 5.54 Å². The molecule has 3 N–H and O–H groups in total. The molecule has 3 heterocycles. The Morgan fingerprint density at radius 1 is 1.12 bits per heavy atom. The number of nitrogens with zero attached hydrogens (tertiary/aromatic N) is 3. The number of ether oxygens (including phenoxy) is 1. The first-order valence-corrected chi connectivity index (χ1v) is 14.2. The molecule has 3 aromatic carbocycles. The summed E-state index contributed by atoms with van der Waals surface area (Å²) in [6, 6.07) is 15.4. The number of imidazole rings is 1. The standard InChI is InChI=1S/C31H29Cl2N5O4/c1-16-5-7-19(33)15-23(16)37-25-20-9-8-18(32)14-22(20)31(2,3)38-26(25)27(36-30(37)41)35-28(38)21-13-17(6-10-24(21)42-4)29(40)34-11-12-39/h5-10,13-15,25,39H,11-12H2,1-4H3,(H,34,40)(H,36,41). The SMILES string of the molecule is COc1ccc(C(=O)NCCO)cc1-c1nc2c3n1C(C)(C)c1cc(Cl)ccc1C3N(c1cc(Cl)ccc1C)C(=O)N2. The van der Waals surface area contributed by atoms with Crippen molar-refractivity contribution in [2.75, 3.05) is 30.5 Å². The monoisotopic (exact) mass is 605 g/mol. The Bertz CT molecular complexity index is 1770. The number of aromatic nitrogens is 2. The lowest BCUT2D eigenvalue weighted by Gasteiger charge is -2.46. The van der Waals surface area contributed by atoms with E-state index in [0.29, 0.717) is 44.3 Å². The van der Waals surface area contributed by atoms with Crippen LogP contribution in [0.4, 0.5) is 16.3 Å². The fraction of sp³-hybridized carbons (Fsp3) is 0.258. The molecule has 2 aliphatic heterocycles. The van der Waals surface area contributed by atoms with Gasteiger partial charge in [0.05, 0.1) is 36.2 Å². The molecule has 1 unspecified atom stereocenters. The van der Waals surface area contributed by atoms with E-state index in [-0.39, 0.29) is 25.1 Å². The molecule has 216 valence electrons. The number of nitrogens with one attached hydrogen (secondary N) is 2. The number of aryl methyl sites for hydroxylation is 1. The minimum atomic E-state index is -0.677. The maximum Gasteiger partial charge on any atom is 0.328 e. The van der Waals surface area contributed by atoms with Crippen molar-refractivity contribution in [3.63, 3.8) is 0 Å². The van der Waals surface area contributed by atoms with Crippen LogP contribution in [0, 0.1) is 6.92 Å². The van der Waals surface area contributed by atoms with Crippen LogP contribution in [0.15, 0.2) is 54.6 Å². The van der Waals surface area contributed by atoms with E-state index in [2.05, 4.69) is 29.0 Å². The molecule has 1 atom stereocenters. The van der Waals surface area contributed by atoms with Crippen LogP contribution in [0.3, 0.4) is 0 Å². The minimum absolute atomic E-state index is 0.125. The smallest absolute Gasteiger partial charge is 0.328 e. The number of aliphatic hydroxyl groups is 1. The second-order valence-electron chi connectivity index (χ2n) is 10.8. The third-order valence-electron chi connectivity index (χ3n) is 7.93. The van der Waals surface area contributed by atoms with Gasteiger partial charge in [0.25, 0.3) is 5.91 Å². The zero-order valence-electron chi connectivity index (χ0n) is 23.5. The summed E-state index contributed by atoms with van der Waals surface area (Å²) in [6.07, 6.45) is 0. The number of rotatable bonds is 6. The fourth-order valence-electron chi connectivity index (χ4n) is 6.01. The van der Waals surface area contributed by atoms with Gasteiger partial charge in [0, 0.05) is 22.2 Å². The maximum absolute atomic E-state index is 13.9. The first-order chi connectivity index (χ1) is 20.1. The van der Waals surface area contributed by atoms with E-state index < -0.39 is 11.6 Å². The van der Waals surface area contributed by atoms with Crippen LogP contribution < -0.4 is 20.3 Å². The Kier molecular flexibility index (Phi) is 6.92. The number of carbonyl (C=O) groups is 2. The van der Waals surface area contributed by atoms with Gasteiger partial charge in [-0.05, 0) is 79.9 Å².